The van der Waals surface area contributed by atoms with Gasteiger partial charge in [-0.25, -0.2) is 4.98 Å². The van der Waals surface area contributed by atoms with E-state index in [-0.39, 0.29) is 6.42 Å². The molecule has 0 aliphatic heterocycles. The summed E-state index contributed by atoms with van der Waals surface area (Å²) >= 11 is 1.41. The fourth-order valence-electron chi connectivity index (χ4n) is 2.81. The molecule has 2 heterocycles. The van der Waals surface area contributed by atoms with Crippen molar-refractivity contribution < 1.29 is 14.6 Å². The van der Waals surface area contributed by atoms with Gasteiger partial charge in [-0.1, -0.05) is 13.8 Å². The van der Waals surface area contributed by atoms with Crippen LogP contribution in [0.15, 0.2) is 30.6 Å². The van der Waals surface area contributed by atoms with Gasteiger partial charge in [-0.15, -0.1) is 11.3 Å². The van der Waals surface area contributed by atoms with Gasteiger partial charge in [0.25, 0.3) is 0 Å². The third-order valence-corrected chi connectivity index (χ3v) is 5.27. The van der Waals surface area contributed by atoms with Gasteiger partial charge in [-0.2, -0.15) is 0 Å². The molecule has 1 atom stereocenters. The number of carbonyl (C=O) groups is 1. The lowest BCUT2D eigenvalue weighted by molar-refractivity contribution is -0.136. The van der Waals surface area contributed by atoms with Crippen molar-refractivity contribution in [2.24, 2.45) is 0 Å². The van der Waals surface area contributed by atoms with E-state index in [1.54, 1.807) is 0 Å². The first-order valence-corrected chi connectivity index (χ1v) is 9.29. The lowest BCUT2D eigenvalue weighted by Gasteiger charge is -2.16. The molecule has 3 rings (SSSR count). The van der Waals surface area contributed by atoms with Crippen LogP contribution in [-0.2, 0) is 11.2 Å². The molecule has 1 unspecified atom stereocenters. The van der Waals surface area contributed by atoms with Crippen LogP contribution in [-0.4, -0.2) is 27.1 Å². The average Bonchev–Trinajstić information content (AvgIpc) is 3.12. The Morgan fingerprint density at radius 3 is 2.80 bits per heavy atom. The van der Waals surface area contributed by atoms with Crippen molar-refractivity contribution in [1.82, 2.24) is 9.38 Å². The van der Waals surface area contributed by atoms with E-state index in [0.29, 0.717) is 12.5 Å². The number of hydrogen-bond donors (Lipinski definition) is 1. The third-order valence-electron chi connectivity index (χ3n) is 4.28. The summed E-state index contributed by atoms with van der Waals surface area (Å²) in [6, 6.07) is 6.20. The average molecular weight is 358 g/mol. The minimum absolute atomic E-state index is 0.0323. The normalized spacial score (nSPS) is 12.4. The lowest BCUT2D eigenvalue weighted by Crippen LogP contribution is -2.00. The highest BCUT2D eigenvalue weighted by atomic mass is 32.1. The topological polar surface area (TPSA) is 63.8 Å². The fraction of sp³-hybridized carbons (Fsp3) is 0.368. The molecule has 25 heavy (non-hydrogen) atoms. The summed E-state index contributed by atoms with van der Waals surface area (Å²) < 4.78 is 7.67. The zero-order valence-corrected chi connectivity index (χ0v) is 15.5. The van der Waals surface area contributed by atoms with Gasteiger partial charge in [0.2, 0.25) is 0 Å². The second-order valence-corrected chi connectivity index (χ2v) is 7.17. The molecule has 1 N–H and O–H groups in total. The van der Waals surface area contributed by atoms with Crippen molar-refractivity contribution >= 4 is 22.3 Å². The van der Waals surface area contributed by atoms with Crippen molar-refractivity contribution in [2.75, 3.05) is 6.61 Å². The number of aromatic nitrogens is 2. The molecular weight excluding hydrogens is 336 g/mol. The standard InChI is InChI=1S/C19H22N2O3S/c1-4-12(3)15-8-13(6-7-17(15)24-5-2)16-11-21-10-14(9-18(22)23)25-19(21)20-16/h6-8,10-12H,4-5,9H2,1-3H3,(H,22,23). The van der Waals surface area contributed by atoms with Crippen LogP contribution in [0.25, 0.3) is 16.2 Å². The van der Waals surface area contributed by atoms with E-state index in [4.69, 9.17) is 9.84 Å². The van der Waals surface area contributed by atoms with Crippen molar-refractivity contribution in [3.63, 3.8) is 0 Å². The predicted molar refractivity (Wildman–Crippen MR) is 99.7 cm³/mol. The van der Waals surface area contributed by atoms with Gasteiger partial charge in [0.15, 0.2) is 4.96 Å². The SMILES string of the molecule is CCOc1ccc(-c2cn3cc(CC(=O)O)sc3n2)cc1C(C)CC. The maximum atomic E-state index is 10.8. The summed E-state index contributed by atoms with van der Waals surface area (Å²) in [5, 5.41) is 8.90. The van der Waals surface area contributed by atoms with Crippen LogP contribution in [0.2, 0.25) is 0 Å². The number of nitrogens with zero attached hydrogens (tertiary/aromatic N) is 2. The summed E-state index contributed by atoms with van der Waals surface area (Å²) in [6.45, 7) is 7.01. The van der Waals surface area contributed by atoms with Gasteiger partial charge < -0.3 is 9.84 Å². The van der Waals surface area contributed by atoms with E-state index in [1.807, 2.05) is 35.9 Å². The van der Waals surface area contributed by atoms with Crippen molar-refractivity contribution in [1.29, 1.82) is 0 Å². The highest BCUT2D eigenvalue weighted by Crippen LogP contribution is 2.33. The Bertz CT molecular complexity index is 866. The molecule has 5 nitrogen and oxygen atoms in total. The molecule has 0 aliphatic rings. The van der Waals surface area contributed by atoms with E-state index < -0.39 is 5.97 Å². The highest BCUT2D eigenvalue weighted by Gasteiger charge is 2.15. The molecule has 0 spiro atoms. The van der Waals surface area contributed by atoms with E-state index in [2.05, 4.69) is 24.9 Å². The zero-order chi connectivity index (χ0) is 18.0. The first-order chi connectivity index (χ1) is 12.0. The minimum atomic E-state index is -0.825. The van der Waals surface area contributed by atoms with Gasteiger partial charge in [-0.3, -0.25) is 9.20 Å². The Hall–Kier alpha value is -2.34. The van der Waals surface area contributed by atoms with Crippen molar-refractivity contribution in [3.8, 4) is 17.0 Å². The number of carboxylic acid groups (broad SMARTS) is 1. The third kappa shape index (κ3) is 3.69. The molecule has 6 heteroatoms. The number of carboxylic acids is 1. The zero-order valence-electron chi connectivity index (χ0n) is 14.7. The van der Waals surface area contributed by atoms with E-state index >= 15 is 0 Å². The van der Waals surface area contributed by atoms with Crippen molar-refractivity contribution in [3.05, 3.63) is 41.0 Å². The van der Waals surface area contributed by atoms with Gasteiger partial charge in [0, 0.05) is 22.8 Å². The quantitative estimate of drug-likeness (QED) is 0.670. The maximum absolute atomic E-state index is 10.8. The number of thiazole rings is 1. The fourth-order valence-corrected chi connectivity index (χ4v) is 3.76. The monoisotopic (exact) mass is 358 g/mol. The molecular formula is C19H22N2O3S. The molecule has 0 bridgehead atoms. The first kappa shape index (κ1) is 17.5. The van der Waals surface area contributed by atoms with Crippen molar-refractivity contribution in [2.45, 2.75) is 39.5 Å². The second-order valence-electron chi connectivity index (χ2n) is 6.08. The number of benzene rings is 1. The highest BCUT2D eigenvalue weighted by molar-refractivity contribution is 7.17. The van der Waals surface area contributed by atoms with Crippen LogP contribution in [0.3, 0.4) is 0 Å². The molecule has 0 amide bonds. The molecule has 3 aromatic rings. The molecule has 132 valence electrons. The van der Waals surface area contributed by atoms with Crippen LogP contribution in [0.1, 0.15) is 43.6 Å². The summed E-state index contributed by atoms with van der Waals surface area (Å²) in [4.78, 5) is 17.1. The summed E-state index contributed by atoms with van der Waals surface area (Å²) in [7, 11) is 0. The Balaban J connectivity index is 1.96. The van der Waals surface area contributed by atoms with E-state index in [0.717, 1.165) is 33.3 Å². The maximum Gasteiger partial charge on any atom is 0.308 e. The van der Waals surface area contributed by atoms with Gasteiger partial charge in [0.1, 0.15) is 5.75 Å². The largest absolute Gasteiger partial charge is 0.494 e. The van der Waals surface area contributed by atoms with Crippen LogP contribution in [0, 0.1) is 0 Å². The Morgan fingerprint density at radius 1 is 1.36 bits per heavy atom. The number of fused-ring (bicyclic) bond motifs is 1. The predicted octanol–water partition coefficient (Wildman–Crippen LogP) is 4.60. The summed E-state index contributed by atoms with van der Waals surface area (Å²) in [5.41, 5.74) is 3.14. The molecule has 1 aromatic carbocycles. The minimum Gasteiger partial charge on any atom is -0.494 e. The van der Waals surface area contributed by atoms with E-state index in [9.17, 15) is 4.79 Å². The molecule has 0 saturated heterocycles. The molecule has 2 aromatic heterocycles. The summed E-state index contributed by atoms with van der Waals surface area (Å²) in [5.74, 6) is 0.521. The van der Waals surface area contributed by atoms with E-state index in [1.165, 1.54) is 16.9 Å². The number of imidazole rings is 1. The number of rotatable bonds is 7. The van der Waals surface area contributed by atoms with Crippen LogP contribution in [0.5, 0.6) is 5.75 Å². The van der Waals surface area contributed by atoms with Crippen LogP contribution in [0.4, 0.5) is 0 Å². The lowest BCUT2D eigenvalue weighted by atomic mass is 9.95. The Labute approximate surface area is 150 Å². The molecule has 0 fully saturated rings. The molecule has 0 saturated carbocycles. The number of ether oxygens (including phenoxy) is 1. The summed E-state index contributed by atoms with van der Waals surface area (Å²) in [6.07, 6.45) is 4.87. The van der Waals surface area contributed by atoms with Crippen LogP contribution >= 0.6 is 11.3 Å². The molecule has 0 radical (unpaired) electrons. The second kappa shape index (κ2) is 7.27. The Morgan fingerprint density at radius 2 is 2.16 bits per heavy atom. The number of aliphatic carboxylic acids is 1. The van der Waals surface area contributed by atoms with Crippen LogP contribution < -0.4 is 4.74 Å². The first-order valence-electron chi connectivity index (χ1n) is 8.48. The molecule has 0 aliphatic carbocycles. The Kier molecular flexibility index (Phi) is 5.08. The van der Waals surface area contributed by atoms with Gasteiger partial charge in [0.05, 0.1) is 18.7 Å². The smallest absolute Gasteiger partial charge is 0.308 e. The number of hydrogen-bond acceptors (Lipinski definition) is 4. The van der Waals surface area contributed by atoms with Gasteiger partial charge >= 0.3 is 5.97 Å². The van der Waals surface area contributed by atoms with Gasteiger partial charge in [-0.05, 0) is 43.0 Å².